The van der Waals surface area contributed by atoms with Crippen LogP contribution in [0.4, 0.5) is 13.2 Å². The summed E-state index contributed by atoms with van der Waals surface area (Å²) in [7, 11) is 0. The van der Waals surface area contributed by atoms with Crippen LogP contribution in [-0.2, 0) is 17.4 Å². The van der Waals surface area contributed by atoms with Gasteiger partial charge in [-0.05, 0) is 48.4 Å². The summed E-state index contributed by atoms with van der Waals surface area (Å²) in [6.07, 6.45) is -3.48. The van der Waals surface area contributed by atoms with E-state index >= 15 is 0 Å². The average molecular weight is 430 g/mol. The topological polar surface area (TPSA) is 91.9 Å². The summed E-state index contributed by atoms with van der Waals surface area (Å²) in [6.45, 7) is 1.76. The number of carbonyl (C=O) groups excluding carboxylic acids is 1. The highest BCUT2D eigenvalue weighted by molar-refractivity contribution is 5.89. The van der Waals surface area contributed by atoms with Crippen LogP contribution >= 0.6 is 0 Å². The Morgan fingerprint density at radius 3 is 2.58 bits per heavy atom. The molecule has 0 saturated heterocycles. The molecule has 0 spiro atoms. The average Bonchev–Trinajstić information content (AvgIpc) is 3.16. The van der Waals surface area contributed by atoms with Crippen molar-refractivity contribution < 1.29 is 32.3 Å². The Balaban J connectivity index is 1.62. The highest BCUT2D eigenvalue weighted by atomic mass is 19.4. The highest BCUT2D eigenvalue weighted by Gasteiger charge is 2.30. The first kappa shape index (κ1) is 21.8. The van der Waals surface area contributed by atoms with Gasteiger partial charge in [0.25, 0.3) is 0 Å². The Labute approximate surface area is 175 Å². The number of hydrogen-bond acceptors (Lipinski definition) is 4. The molecule has 1 aromatic heterocycles. The van der Waals surface area contributed by atoms with Crippen LogP contribution in [0.25, 0.3) is 11.3 Å². The third-order valence-electron chi connectivity index (χ3n) is 4.37. The van der Waals surface area contributed by atoms with Gasteiger partial charge >= 0.3 is 12.1 Å². The predicted molar refractivity (Wildman–Crippen MR) is 107 cm³/mol. The Bertz CT molecular complexity index is 1150. The molecule has 3 rings (SSSR count). The minimum Gasteiger partial charge on any atom is -0.478 e. The van der Waals surface area contributed by atoms with Crippen LogP contribution in [0.15, 0.2) is 64.1 Å². The van der Waals surface area contributed by atoms with Gasteiger partial charge in [-0.25, -0.2) is 10.2 Å². The van der Waals surface area contributed by atoms with Gasteiger partial charge in [-0.2, -0.15) is 18.3 Å². The smallest absolute Gasteiger partial charge is 0.416 e. The number of hydrogen-bond donors (Lipinski definition) is 2. The van der Waals surface area contributed by atoms with Crippen LogP contribution in [0.3, 0.4) is 0 Å². The summed E-state index contributed by atoms with van der Waals surface area (Å²) in [5.41, 5.74) is 3.22. The van der Waals surface area contributed by atoms with Gasteiger partial charge in [0.1, 0.15) is 11.5 Å². The van der Waals surface area contributed by atoms with E-state index in [0.29, 0.717) is 22.6 Å². The van der Waals surface area contributed by atoms with Crippen molar-refractivity contribution in [1.82, 2.24) is 5.43 Å². The molecule has 0 unspecified atom stereocenters. The predicted octanol–water partition coefficient (Wildman–Crippen LogP) is 4.66. The molecule has 2 aromatic carbocycles. The van der Waals surface area contributed by atoms with Crippen molar-refractivity contribution in [1.29, 1.82) is 0 Å². The molecule has 0 aliphatic carbocycles. The first-order valence-corrected chi connectivity index (χ1v) is 9.05. The zero-order chi connectivity index (χ0) is 22.6. The molecule has 160 valence electrons. The molecule has 0 atom stereocenters. The maximum atomic E-state index is 12.7. The molecular formula is C22H17F3N2O4. The molecule has 2 N–H and O–H groups in total. The van der Waals surface area contributed by atoms with Crippen LogP contribution in [-0.4, -0.2) is 23.2 Å². The molecule has 1 amide bonds. The lowest BCUT2D eigenvalue weighted by Crippen LogP contribution is -2.20. The number of aromatic carboxylic acids is 1. The number of rotatable bonds is 6. The number of carboxylic acids is 1. The fraction of sp³-hybridized carbons (Fsp3) is 0.136. The van der Waals surface area contributed by atoms with Gasteiger partial charge in [-0.3, -0.25) is 4.79 Å². The summed E-state index contributed by atoms with van der Waals surface area (Å²) in [6, 6.07) is 12.4. The second-order valence-corrected chi connectivity index (χ2v) is 6.70. The largest absolute Gasteiger partial charge is 0.478 e. The summed E-state index contributed by atoms with van der Waals surface area (Å²) in [5, 5.41) is 12.8. The molecule has 6 nitrogen and oxygen atoms in total. The van der Waals surface area contributed by atoms with Crippen molar-refractivity contribution in [3.05, 3.63) is 82.6 Å². The maximum Gasteiger partial charge on any atom is 0.416 e. The number of alkyl halides is 3. The second-order valence-electron chi connectivity index (χ2n) is 6.70. The zero-order valence-electron chi connectivity index (χ0n) is 16.2. The number of benzene rings is 2. The normalized spacial score (nSPS) is 11.6. The number of hydrazone groups is 1. The van der Waals surface area contributed by atoms with Crippen LogP contribution in [0.2, 0.25) is 0 Å². The first-order valence-electron chi connectivity index (χ1n) is 9.05. The third kappa shape index (κ3) is 5.59. The van der Waals surface area contributed by atoms with Crippen LogP contribution in [0.1, 0.15) is 32.8 Å². The Morgan fingerprint density at radius 2 is 1.90 bits per heavy atom. The number of nitrogens with zero attached hydrogens (tertiary/aromatic N) is 1. The summed E-state index contributed by atoms with van der Waals surface area (Å²) in [5.74, 6) is -0.785. The van der Waals surface area contributed by atoms with E-state index in [4.69, 9.17) is 9.52 Å². The Kier molecular flexibility index (Phi) is 6.24. The maximum absolute atomic E-state index is 12.7. The Hall–Kier alpha value is -3.88. The lowest BCUT2D eigenvalue weighted by atomic mass is 10.0. The molecule has 1 heterocycles. The van der Waals surface area contributed by atoms with Crippen LogP contribution < -0.4 is 5.43 Å². The summed E-state index contributed by atoms with van der Waals surface area (Å²) in [4.78, 5) is 23.0. The molecule has 9 heteroatoms. The second kappa shape index (κ2) is 8.86. The number of nitrogens with one attached hydrogen (secondary N) is 1. The van der Waals surface area contributed by atoms with Gasteiger partial charge in [-0.15, -0.1) is 0 Å². The molecule has 0 bridgehead atoms. The monoisotopic (exact) mass is 430 g/mol. The first-order chi connectivity index (χ1) is 14.6. The third-order valence-corrected chi connectivity index (χ3v) is 4.37. The number of amides is 1. The van der Waals surface area contributed by atoms with Crippen molar-refractivity contribution in [2.75, 3.05) is 0 Å². The number of carboxylic acid groups (broad SMARTS) is 1. The lowest BCUT2D eigenvalue weighted by Gasteiger charge is -2.08. The standard InChI is InChI=1S/C22H17F3N2O4/c1-13-9-15(21(29)30)5-7-18(13)19-8-6-17(31-19)12-26-27-20(28)11-14-3-2-4-16(10-14)22(23,24)25/h2-10,12H,11H2,1H3,(H,27,28)(H,29,30)/b26-12+. The van der Waals surface area contributed by atoms with E-state index in [1.807, 2.05) is 0 Å². The van der Waals surface area contributed by atoms with Gasteiger partial charge in [0.2, 0.25) is 5.91 Å². The quantitative estimate of drug-likeness (QED) is 0.439. The fourth-order valence-corrected chi connectivity index (χ4v) is 2.89. The molecule has 3 aromatic rings. The van der Waals surface area contributed by atoms with Crippen molar-refractivity contribution in [2.24, 2.45) is 5.10 Å². The van der Waals surface area contributed by atoms with E-state index in [9.17, 15) is 22.8 Å². The van der Waals surface area contributed by atoms with Crippen molar-refractivity contribution in [3.8, 4) is 11.3 Å². The molecule has 0 fully saturated rings. The number of carbonyl (C=O) groups is 2. The number of halogens is 3. The molecule has 0 radical (unpaired) electrons. The molecule has 31 heavy (non-hydrogen) atoms. The van der Waals surface area contributed by atoms with Crippen LogP contribution in [0.5, 0.6) is 0 Å². The highest BCUT2D eigenvalue weighted by Crippen LogP contribution is 2.29. The minimum atomic E-state index is -4.48. The number of furan rings is 1. The lowest BCUT2D eigenvalue weighted by molar-refractivity contribution is -0.137. The van der Waals surface area contributed by atoms with Gasteiger partial charge in [0.15, 0.2) is 0 Å². The molecule has 0 aliphatic rings. The zero-order valence-corrected chi connectivity index (χ0v) is 16.2. The molecule has 0 aliphatic heterocycles. The minimum absolute atomic E-state index is 0.165. The van der Waals surface area contributed by atoms with Crippen molar-refractivity contribution >= 4 is 18.1 Å². The van der Waals surface area contributed by atoms with Crippen molar-refractivity contribution in [3.63, 3.8) is 0 Å². The summed E-state index contributed by atoms with van der Waals surface area (Å²) >= 11 is 0. The van der Waals surface area contributed by atoms with E-state index in [1.54, 1.807) is 25.1 Å². The van der Waals surface area contributed by atoms with E-state index in [1.165, 1.54) is 30.5 Å². The Morgan fingerprint density at radius 1 is 1.13 bits per heavy atom. The van der Waals surface area contributed by atoms with E-state index in [-0.39, 0.29) is 17.5 Å². The van der Waals surface area contributed by atoms with E-state index in [0.717, 1.165) is 12.1 Å². The fourth-order valence-electron chi connectivity index (χ4n) is 2.89. The van der Waals surface area contributed by atoms with Gasteiger partial charge < -0.3 is 9.52 Å². The number of aryl methyl sites for hydroxylation is 1. The van der Waals surface area contributed by atoms with Crippen LogP contribution in [0, 0.1) is 6.92 Å². The molecule has 0 saturated carbocycles. The van der Waals surface area contributed by atoms with E-state index in [2.05, 4.69) is 10.5 Å². The van der Waals surface area contributed by atoms with Gasteiger partial charge in [-0.1, -0.05) is 24.3 Å². The van der Waals surface area contributed by atoms with Gasteiger partial charge in [0, 0.05) is 5.56 Å². The molecular weight excluding hydrogens is 413 g/mol. The summed E-state index contributed by atoms with van der Waals surface area (Å²) < 4.78 is 43.9. The SMILES string of the molecule is Cc1cc(C(=O)O)ccc1-c1ccc(/C=N/NC(=O)Cc2cccc(C(F)(F)F)c2)o1. The van der Waals surface area contributed by atoms with Gasteiger partial charge in [0.05, 0.1) is 23.8 Å². The van der Waals surface area contributed by atoms with E-state index < -0.39 is 23.6 Å². The van der Waals surface area contributed by atoms with Crippen molar-refractivity contribution in [2.45, 2.75) is 19.5 Å².